The lowest BCUT2D eigenvalue weighted by Gasteiger charge is -2.32. The molecule has 0 bridgehead atoms. The van der Waals surface area contributed by atoms with E-state index in [4.69, 9.17) is 16.6 Å². The molecule has 0 radical (unpaired) electrons. The summed E-state index contributed by atoms with van der Waals surface area (Å²) in [6.45, 7) is 3.50. The summed E-state index contributed by atoms with van der Waals surface area (Å²) in [6, 6.07) is 12.2. The van der Waals surface area contributed by atoms with E-state index in [0.717, 1.165) is 47.8 Å². The Kier molecular flexibility index (Phi) is 5.67. The highest BCUT2D eigenvalue weighted by atomic mass is 35.5. The van der Waals surface area contributed by atoms with E-state index in [-0.39, 0.29) is 11.8 Å². The maximum Gasteiger partial charge on any atom is 0.257 e. The van der Waals surface area contributed by atoms with Gasteiger partial charge in [-0.05, 0) is 55.5 Å². The van der Waals surface area contributed by atoms with E-state index < -0.39 is 0 Å². The van der Waals surface area contributed by atoms with Crippen molar-refractivity contribution in [2.75, 3.05) is 13.1 Å². The first-order valence-electron chi connectivity index (χ1n) is 9.98. The number of rotatable bonds is 4. The predicted molar refractivity (Wildman–Crippen MR) is 114 cm³/mol. The molecule has 0 N–H and O–H groups in total. The molecule has 1 saturated heterocycles. The zero-order valence-electron chi connectivity index (χ0n) is 16.8. The van der Waals surface area contributed by atoms with Gasteiger partial charge in [-0.25, -0.2) is 0 Å². The fourth-order valence-electron chi connectivity index (χ4n) is 4.06. The number of amides is 1. The Balaban J connectivity index is 1.53. The standard InChI is InChI=1S/C23H25ClN4O/c1-16-10-17(11-18-6-3-4-8-21(18)24)12-22(26-16)19-7-5-9-28(15-19)23(29)20-13-25-27(2)14-20/h3-4,6,8,10,12-14,19H,5,7,9,11,15H2,1-2H3. The Morgan fingerprint density at radius 2 is 2.10 bits per heavy atom. The Morgan fingerprint density at radius 1 is 1.28 bits per heavy atom. The Morgan fingerprint density at radius 3 is 2.86 bits per heavy atom. The van der Waals surface area contributed by atoms with Gasteiger partial charge in [-0.1, -0.05) is 29.8 Å². The summed E-state index contributed by atoms with van der Waals surface area (Å²) in [6.07, 6.45) is 6.21. The molecule has 150 valence electrons. The molecule has 29 heavy (non-hydrogen) atoms. The number of carbonyl (C=O) groups excluding carboxylic acids is 1. The van der Waals surface area contributed by atoms with Crippen molar-refractivity contribution in [3.05, 3.63) is 81.9 Å². The second kappa shape index (κ2) is 8.37. The average Bonchev–Trinajstić information content (AvgIpc) is 3.15. The van der Waals surface area contributed by atoms with Crippen LogP contribution in [0.15, 0.2) is 48.8 Å². The van der Waals surface area contributed by atoms with Crippen LogP contribution in [0.3, 0.4) is 0 Å². The number of halogens is 1. The number of piperidine rings is 1. The van der Waals surface area contributed by atoms with E-state index in [1.54, 1.807) is 17.1 Å². The molecule has 1 fully saturated rings. The highest BCUT2D eigenvalue weighted by Gasteiger charge is 2.27. The van der Waals surface area contributed by atoms with Crippen LogP contribution >= 0.6 is 11.6 Å². The lowest BCUT2D eigenvalue weighted by molar-refractivity contribution is 0.0706. The summed E-state index contributed by atoms with van der Waals surface area (Å²) >= 11 is 6.35. The molecule has 0 aliphatic carbocycles. The van der Waals surface area contributed by atoms with E-state index in [1.807, 2.05) is 37.1 Å². The van der Waals surface area contributed by atoms with Crippen LogP contribution in [-0.4, -0.2) is 38.7 Å². The highest BCUT2D eigenvalue weighted by Crippen LogP contribution is 2.28. The maximum absolute atomic E-state index is 12.8. The van der Waals surface area contributed by atoms with Crippen LogP contribution in [0.1, 0.15) is 51.6 Å². The van der Waals surface area contributed by atoms with Crippen molar-refractivity contribution in [2.24, 2.45) is 7.05 Å². The number of pyridine rings is 1. The fourth-order valence-corrected chi connectivity index (χ4v) is 4.26. The Labute approximate surface area is 176 Å². The number of hydrogen-bond acceptors (Lipinski definition) is 3. The molecule has 6 heteroatoms. The van der Waals surface area contributed by atoms with Gasteiger partial charge in [0.2, 0.25) is 0 Å². The van der Waals surface area contributed by atoms with Crippen LogP contribution in [0.5, 0.6) is 0 Å². The SMILES string of the molecule is Cc1cc(Cc2ccccc2Cl)cc(C2CCCN(C(=O)c3cnn(C)c3)C2)n1. The monoisotopic (exact) mass is 408 g/mol. The number of aromatic nitrogens is 3. The van der Waals surface area contributed by atoms with Crippen LogP contribution in [0, 0.1) is 6.92 Å². The lowest BCUT2D eigenvalue weighted by atomic mass is 9.92. The largest absolute Gasteiger partial charge is 0.338 e. The molecule has 4 rings (SSSR count). The van der Waals surface area contributed by atoms with Crippen LogP contribution < -0.4 is 0 Å². The second-order valence-corrected chi connectivity index (χ2v) is 8.21. The molecule has 0 saturated carbocycles. The van der Waals surface area contributed by atoms with E-state index in [1.165, 1.54) is 5.56 Å². The molecule has 3 heterocycles. The van der Waals surface area contributed by atoms with Crippen molar-refractivity contribution >= 4 is 17.5 Å². The van der Waals surface area contributed by atoms with Gasteiger partial charge in [0.1, 0.15) is 0 Å². The molecular weight excluding hydrogens is 384 g/mol. The van der Waals surface area contributed by atoms with Gasteiger partial charge in [0.25, 0.3) is 5.91 Å². The second-order valence-electron chi connectivity index (χ2n) is 7.80. The van der Waals surface area contributed by atoms with E-state index in [0.29, 0.717) is 12.1 Å². The molecule has 3 aromatic rings. The average molecular weight is 409 g/mol. The molecule has 1 aliphatic rings. The van der Waals surface area contributed by atoms with E-state index in [2.05, 4.69) is 23.3 Å². The summed E-state index contributed by atoms with van der Waals surface area (Å²) in [5.74, 6) is 0.293. The maximum atomic E-state index is 12.8. The molecule has 1 amide bonds. The van der Waals surface area contributed by atoms with Gasteiger partial charge >= 0.3 is 0 Å². The summed E-state index contributed by atoms with van der Waals surface area (Å²) in [7, 11) is 1.83. The highest BCUT2D eigenvalue weighted by molar-refractivity contribution is 6.31. The topological polar surface area (TPSA) is 51.0 Å². The van der Waals surface area contributed by atoms with Crippen LogP contribution in [-0.2, 0) is 13.5 Å². The molecule has 1 aromatic carbocycles. The molecule has 1 atom stereocenters. The van der Waals surface area contributed by atoms with Gasteiger partial charge in [-0.15, -0.1) is 0 Å². The third-order valence-electron chi connectivity index (χ3n) is 5.46. The van der Waals surface area contributed by atoms with Crippen molar-refractivity contribution in [3.8, 4) is 0 Å². The van der Waals surface area contributed by atoms with Gasteiger partial charge in [0, 0.05) is 48.7 Å². The van der Waals surface area contributed by atoms with Crippen molar-refractivity contribution in [1.82, 2.24) is 19.7 Å². The third kappa shape index (κ3) is 4.51. The summed E-state index contributed by atoms with van der Waals surface area (Å²) in [4.78, 5) is 19.6. The van der Waals surface area contributed by atoms with Crippen molar-refractivity contribution in [1.29, 1.82) is 0 Å². The molecule has 2 aromatic heterocycles. The predicted octanol–water partition coefficient (Wildman–Crippen LogP) is 4.39. The lowest BCUT2D eigenvalue weighted by Crippen LogP contribution is -2.39. The van der Waals surface area contributed by atoms with Crippen LogP contribution in [0.2, 0.25) is 5.02 Å². The fraction of sp³-hybridized carbons (Fsp3) is 0.348. The molecule has 1 unspecified atom stereocenters. The number of nitrogens with zero attached hydrogens (tertiary/aromatic N) is 4. The first kappa shape index (κ1) is 19.6. The summed E-state index contributed by atoms with van der Waals surface area (Å²) in [5, 5.41) is 4.91. The minimum atomic E-state index is 0.0479. The van der Waals surface area contributed by atoms with Crippen molar-refractivity contribution < 1.29 is 4.79 Å². The van der Waals surface area contributed by atoms with Crippen molar-refractivity contribution in [3.63, 3.8) is 0 Å². The van der Waals surface area contributed by atoms with Gasteiger partial charge in [-0.3, -0.25) is 14.5 Å². The molecule has 5 nitrogen and oxygen atoms in total. The number of aryl methyl sites for hydroxylation is 2. The smallest absolute Gasteiger partial charge is 0.257 e. The zero-order valence-corrected chi connectivity index (χ0v) is 17.6. The third-order valence-corrected chi connectivity index (χ3v) is 5.83. The zero-order chi connectivity index (χ0) is 20.4. The number of carbonyl (C=O) groups is 1. The van der Waals surface area contributed by atoms with Crippen LogP contribution in [0.4, 0.5) is 0 Å². The minimum absolute atomic E-state index is 0.0479. The van der Waals surface area contributed by atoms with Gasteiger partial charge in [0.15, 0.2) is 0 Å². The summed E-state index contributed by atoms with van der Waals surface area (Å²) in [5.41, 5.74) is 5.03. The molecule has 0 spiro atoms. The normalized spacial score (nSPS) is 16.8. The minimum Gasteiger partial charge on any atom is -0.338 e. The van der Waals surface area contributed by atoms with E-state index >= 15 is 0 Å². The van der Waals surface area contributed by atoms with Crippen LogP contribution in [0.25, 0.3) is 0 Å². The van der Waals surface area contributed by atoms with E-state index in [9.17, 15) is 4.79 Å². The summed E-state index contributed by atoms with van der Waals surface area (Å²) < 4.78 is 1.66. The number of hydrogen-bond donors (Lipinski definition) is 0. The van der Waals surface area contributed by atoms with Gasteiger partial charge in [0.05, 0.1) is 11.8 Å². The first-order chi connectivity index (χ1) is 14.0. The number of likely N-dealkylation sites (tertiary alicyclic amines) is 1. The first-order valence-corrected chi connectivity index (χ1v) is 10.4. The Bertz CT molecular complexity index is 1030. The number of benzene rings is 1. The molecule has 1 aliphatic heterocycles. The quantitative estimate of drug-likeness (QED) is 0.643. The van der Waals surface area contributed by atoms with Crippen molar-refractivity contribution in [2.45, 2.75) is 32.1 Å². The molecular formula is C23H25ClN4O. The van der Waals surface area contributed by atoms with Gasteiger partial charge < -0.3 is 4.90 Å². The van der Waals surface area contributed by atoms with Gasteiger partial charge in [-0.2, -0.15) is 5.10 Å². The Hall–Kier alpha value is -2.66.